The molecule has 1 unspecified atom stereocenters. The third-order valence-corrected chi connectivity index (χ3v) is 4.73. The maximum absolute atomic E-state index is 12.6. The van der Waals surface area contributed by atoms with E-state index in [0.29, 0.717) is 24.6 Å². The minimum atomic E-state index is -1.00. The Morgan fingerprint density at radius 3 is 2.67 bits per heavy atom. The van der Waals surface area contributed by atoms with Gasteiger partial charge in [0.05, 0.1) is 12.5 Å². The van der Waals surface area contributed by atoms with Gasteiger partial charge in [-0.05, 0) is 26.2 Å². The number of carbonyl (C=O) groups is 3. The monoisotopic (exact) mass is 316 g/mol. The summed E-state index contributed by atoms with van der Waals surface area (Å²) in [6.07, 6.45) is 2.26. The molecule has 0 saturated carbocycles. The van der Waals surface area contributed by atoms with Crippen LogP contribution in [0.1, 0.15) is 26.2 Å². The Morgan fingerprint density at radius 2 is 2.00 bits per heavy atom. The molecular weight excluding hydrogens is 296 g/mol. The summed E-state index contributed by atoms with van der Waals surface area (Å²) in [6.45, 7) is 2.47. The number of carbonyl (C=O) groups excluding carboxylic acids is 2. The molecule has 0 bridgehead atoms. The van der Waals surface area contributed by atoms with Gasteiger partial charge < -0.3 is 19.6 Å². The van der Waals surface area contributed by atoms with Crippen molar-refractivity contribution in [2.45, 2.75) is 38.3 Å². The second-order valence-electron chi connectivity index (χ2n) is 5.06. The standard InChI is InChI=1S/C13H20N2O5S/c1-2-20-12(18)9-5-3-4-6-14(9)13(19)15-8-21-7-10(15)11(16)17/h9-10H,2-8H2,1H3,(H,16,17)/t9?,10-/m0/s1. The second kappa shape index (κ2) is 7.02. The van der Waals surface area contributed by atoms with Crippen LogP contribution in [-0.2, 0) is 14.3 Å². The first kappa shape index (κ1) is 15.9. The number of carboxylic acid groups (broad SMARTS) is 1. The van der Waals surface area contributed by atoms with Crippen molar-refractivity contribution in [2.24, 2.45) is 0 Å². The molecule has 0 aromatic rings. The number of amides is 2. The Kier molecular flexibility index (Phi) is 5.33. The summed E-state index contributed by atoms with van der Waals surface area (Å²) in [5, 5.41) is 9.17. The zero-order valence-electron chi connectivity index (χ0n) is 12.0. The van der Waals surface area contributed by atoms with Gasteiger partial charge in [0.2, 0.25) is 0 Å². The SMILES string of the molecule is CCOC(=O)C1CCCCN1C(=O)N1CSC[C@H]1C(=O)O. The average molecular weight is 316 g/mol. The van der Waals surface area contributed by atoms with E-state index in [1.165, 1.54) is 21.6 Å². The highest BCUT2D eigenvalue weighted by Crippen LogP contribution is 2.26. The maximum atomic E-state index is 12.6. The predicted molar refractivity (Wildman–Crippen MR) is 77.0 cm³/mol. The molecule has 0 spiro atoms. The van der Waals surface area contributed by atoms with Crippen LogP contribution in [-0.4, -0.2) is 69.7 Å². The number of carboxylic acids is 1. The van der Waals surface area contributed by atoms with Gasteiger partial charge in [-0.15, -0.1) is 11.8 Å². The molecule has 2 saturated heterocycles. The zero-order valence-corrected chi connectivity index (χ0v) is 12.8. The summed E-state index contributed by atoms with van der Waals surface area (Å²) in [4.78, 5) is 38.6. The first-order valence-electron chi connectivity index (χ1n) is 7.10. The number of hydrogen-bond acceptors (Lipinski definition) is 5. The number of thioether (sulfide) groups is 1. The fourth-order valence-corrected chi connectivity index (χ4v) is 3.78. The van der Waals surface area contributed by atoms with Gasteiger partial charge in [0.1, 0.15) is 12.1 Å². The lowest BCUT2D eigenvalue weighted by Gasteiger charge is -2.37. The van der Waals surface area contributed by atoms with Gasteiger partial charge in [0.25, 0.3) is 0 Å². The van der Waals surface area contributed by atoms with E-state index in [9.17, 15) is 19.5 Å². The predicted octanol–water partition coefficient (Wildman–Crippen LogP) is 0.984. The average Bonchev–Trinajstić information content (AvgIpc) is 2.96. The van der Waals surface area contributed by atoms with Crippen LogP contribution < -0.4 is 0 Å². The van der Waals surface area contributed by atoms with Crippen molar-refractivity contribution >= 4 is 29.7 Å². The van der Waals surface area contributed by atoms with E-state index in [4.69, 9.17) is 4.74 Å². The third-order valence-electron chi connectivity index (χ3n) is 3.72. The summed E-state index contributed by atoms with van der Waals surface area (Å²) in [5.74, 6) is -0.664. The van der Waals surface area contributed by atoms with Gasteiger partial charge in [0, 0.05) is 12.3 Å². The Morgan fingerprint density at radius 1 is 1.24 bits per heavy atom. The number of urea groups is 1. The van der Waals surface area contributed by atoms with Crippen molar-refractivity contribution in [3.63, 3.8) is 0 Å². The molecule has 21 heavy (non-hydrogen) atoms. The molecule has 1 N–H and O–H groups in total. The molecule has 0 aromatic heterocycles. The molecule has 0 aliphatic carbocycles. The molecule has 0 aromatic carbocycles. The van der Waals surface area contributed by atoms with Crippen molar-refractivity contribution in [3.05, 3.63) is 0 Å². The van der Waals surface area contributed by atoms with Crippen molar-refractivity contribution < 1.29 is 24.2 Å². The number of hydrogen-bond donors (Lipinski definition) is 1. The highest BCUT2D eigenvalue weighted by molar-refractivity contribution is 7.99. The lowest BCUT2D eigenvalue weighted by Crippen LogP contribution is -2.55. The molecular formula is C13H20N2O5S. The highest BCUT2D eigenvalue weighted by Gasteiger charge is 2.41. The van der Waals surface area contributed by atoms with Crippen molar-refractivity contribution in [1.82, 2.24) is 9.80 Å². The Hall–Kier alpha value is -1.44. The molecule has 2 aliphatic rings. The smallest absolute Gasteiger partial charge is 0.328 e. The van der Waals surface area contributed by atoms with E-state index in [-0.39, 0.29) is 12.6 Å². The van der Waals surface area contributed by atoms with Crippen LogP contribution in [0.4, 0.5) is 4.79 Å². The second-order valence-corrected chi connectivity index (χ2v) is 6.06. The summed E-state index contributed by atoms with van der Waals surface area (Å²) in [5.41, 5.74) is 0. The molecule has 118 valence electrons. The van der Waals surface area contributed by atoms with Crippen LogP contribution in [0.25, 0.3) is 0 Å². The van der Waals surface area contributed by atoms with Crippen molar-refractivity contribution in [1.29, 1.82) is 0 Å². The fourth-order valence-electron chi connectivity index (χ4n) is 2.64. The molecule has 2 amide bonds. The number of aliphatic carboxylic acids is 1. The molecule has 2 aliphatic heterocycles. The molecule has 7 nitrogen and oxygen atoms in total. The normalized spacial score (nSPS) is 25.8. The van der Waals surface area contributed by atoms with Gasteiger partial charge in [-0.3, -0.25) is 0 Å². The third kappa shape index (κ3) is 3.42. The lowest BCUT2D eigenvalue weighted by atomic mass is 10.0. The number of esters is 1. The molecule has 2 fully saturated rings. The van der Waals surface area contributed by atoms with Crippen molar-refractivity contribution in [3.8, 4) is 0 Å². The van der Waals surface area contributed by atoms with Crippen LogP contribution >= 0.6 is 11.8 Å². The van der Waals surface area contributed by atoms with E-state index in [1.807, 2.05) is 0 Å². The summed E-state index contributed by atoms with van der Waals surface area (Å²) in [6, 6.07) is -1.77. The van der Waals surface area contributed by atoms with E-state index >= 15 is 0 Å². The fraction of sp³-hybridized carbons (Fsp3) is 0.769. The van der Waals surface area contributed by atoms with Gasteiger partial charge >= 0.3 is 18.0 Å². The maximum Gasteiger partial charge on any atom is 0.328 e. The molecule has 8 heteroatoms. The van der Waals surface area contributed by atoms with E-state index < -0.39 is 24.0 Å². The van der Waals surface area contributed by atoms with E-state index in [0.717, 1.165) is 12.8 Å². The van der Waals surface area contributed by atoms with Crippen LogP contribution in [0.2, 0.25) is 0 Å². The van der Waals surface area contributed by atoms with Gasteiger partial charge in [-0.2, -0.15) is 0 Å². The summed E-state index contributed by atoms with van der Waals surface area (Å²) < 4.78 is 5.03. The minimum Gasteiger partial charge on any atom is -0.480 e. The Labute approximate surface area is 127 Å². The van der Waals surface area contributed by atoms with Crippen LogP contribution in [0, 0.1) is 0 Å². The quantitative estimate of drug-likeness (QED) is 0.781. The van der Waals surface area contributed by atoms with Crippen LogP contribution in [0.5, 0.6) is 0 Å². The minimum absolute atomic E-state index is 0.273. The molecule has 0 radical (unpaired) electrons. The Bertz CT molecular complexity index is 431. The number of likely N-dealkylation sites (tertiary alicyclic amines) is 1. The molecule has 2 heterocycles. The lowest BCUT2D eigenvalue weighted by molar-refractivity contribution is -0.149. The number of ether oxygens (including phenoxy) is 1. The van der Waals surface area contributed by atoms with E-state index in [2.05, 4.69) is 0 Å². The highest BCUT2D eigenvalue weighted by atomic mass is 32.2. The first-order valence-corrected chi connectivity index (χ1v) is 8.26. The number of nitrogens with zero attached hydrogens (tertiary/aromatic N) is 2. The summed E-state index contributed by atoms with van der Waals surface area (Å²) in [7, 11) is 0. The molecule has 2 atom stereocenters. The van der Waals surface area contributed by atoms with Gasteiger partial charge in [-0.25, -0.2) is 14.4 Å². The Balaban J connectivity index is 2.11. The van der Waals surface area contributed by atoms with Crippen LogP contribution in [0.3, 0.4) is 0 Å². The zero-order chi connectivity index (χ0) is 15.4. The van der Waals surface area contributed by atoms with Crippen molar-refractivity contribution in [2.75, 3.05) is 24.8 Å². The summed E-state index contributed by atoms with van der Waals surface area (Å²) >= 11 is 1.41. The number of piperidine rings is 1. The van der Waals surface area contributed by atoms with Gasteiger partial charge in [-0.1, -0.05) is 0 Å². The first-order chi connectivity index (χ1) is 10.1. The topological polar surface area (TPSA) is 87.2 Å². The van der Waals surface area contributed by atoms with E-state index in [1.54, 1.807) is 6.92 Å². The van der Waals surface area contributed by atoms with Gasteiger partial charge in [0.15, 0.2) is 0 Å². The molecule has 2 rings (SSSR count). The number of rotatable bonds is 3. The van der Waals surface area contributed by atoms with Crippen LogP contribution in [0.15, 0.2) is 0 Å². The largest absolute Gasteiger partial charge is 0.480 e.